The lowest BCUT2D eigenvalue weighted by atomic mass is 9.97. The van der Waals surface area contributed by atoms with Gasteiger partial charge in [-0.15, -0.1) is 0 Å². The molecule has 0 aliphatic rings. The van der Waals surface area contributed by atoms with Crippen molar-refractivity contribution in [3.05, 3.63) is 119 Å². The Balaban J connectivity index is 1.79. The van der Waals surface area contributed by atoms with E-state index in [4.69, 9.17) is 0 Å². The Hall–Kier alpha value is -3.38. The first-order valence-corrected chi connectivity index (χ1v) is 8.88. The summed E-state index contributed by atoms with van der Waals surface area (Å²) >= 11 is 0. The Kier molecular flexibility index (Phi) is 4.75. The molecule has 4 rings (SSSR count). The van der Waals surface area contributed by atoms with Gasteiger partial charge in [0, 0.05) is 0 Å². The zero-order valence-corrected chi connectivity index (χ0v) is 14.5. The highest BCUT2D eigenvalue weighted by atomic mass is 14.1. The molecular formula is C26H20. The zero-order chi connectivity index (χ0) is 17.6. The third kappa shape index (κ3) is 3.65. The van der Waals surface area contributed by atoms with Crippen LogP contribution in [-0.4, -0.2) is 0 Å². The average Bonchev–Trinajstić information content (AvgIpc) is 2.72. The van der Waals surface area contributed by atoms with Crippen LogP contribution in [0.4, 0.5) is 0 Å². The van der Waals surface area contributed by atoms with Gasteiger partial charge in [0.05, 0.1) is 0 Å². The van der Waals surface area contributed by atoms with Gasteiger partial charge in [-0.2, -0.15) is 0 Å². The second-order valence-electron chi connectivity index (χ2n) is 6.28. The molecule has 0 nitrogen and oxygen atoms in total. The van der Waals surface area contributed by atoms with Gasteiger partial charge < -0.3 is 0 Å². The van der Waals surface area contributed by atoms with Crippen molar-refractivity contribution >= 4 is 35.1 Å². The maximum absolute atomic E-state index is 2.22. The van der Waals surface area contributed by atoms with Crippen molar-refractivity contribution in [3.63, 3.8) is 0 Å². The SMILES string of the molecule is C(=Cc1ccc2ccccc2c1C=Cc1ccccc1)c1ccccc1. The van der Waals surface area contributed by atoms with Gasteiger partial charge in [0.2, 0.25) is 0 Å². The lowest BCUT2D eigenvalue weighted by Gasteiger charge is -2.07. The van der Waals surface area contributed by atoms with Gasteiger partial charge in [-0.25, -0.2) is 0 Å². The quantitative estimate of drug-likeness (QED) is 0.347. The first-order valence-electron chi connectivity index (χ1n) is 8.88. The van der Waals surface area contributed by atoms with Gasteiger partial charge >= 0.3 is 0 Å². The summed E-state index contributed by atoms with van der Waals surface area (Å²) in [4.78, 5) is 0. The maximum atomic E-state index is 2.22. The van der Waals surface area contributed by atoms with E-state index in [9.17, 15) is 0 Å². The van der Waals surface area contributed by atoms with E-state index in [1.807, 2.05) is 12.1 Å². The van der Waals surface area contributed by atoms with E-state index in [0.29, 0.717) is 0 Å². The molecule has 0 aliphatic heterocycles. The van der Waals surface area contributed by atoms with Gasteiger partial charge in [-0.3, -0.25) is 0 Å². The normalized spacial score (nSPS) is 11.5. The van der Waals surface area contributed by atoms with Crippen molar-refractivity contribution < 1.29 is 0 Å². The first kappa shape index (κ1) is 16.1. The summed E-state index contributed by atoms with van der Waals surface area (Å²) in [5, 5.41) is 2.53. The summed E-state index contributed by atoms with van der Waals surface area (Å²) in [5.74, 6) is 0. The van der Waals surface area contributed by atoms with Crippen LogP contribution < -0.4 is 0 Å². The van der Waals surface area contributed by atoms with E-state index < -0.39 is 0 Å². The molecule has 0 aromatic heterocycles. The van der Waals surface area contributed by atoms with E-state index in [1.54, 1.807) is 0 Å². The molecule has 0 bridgehead atoms. The monoisotopic (exact) mass is 332 g/mol. The van der Waals surface area contributed by atoms with Crippen LogP contribution in [0, 0.1) is 0 Å². The number of hydrogen-bond donors (Lipinski definition) is 0. The third-order valence-electron chi connectivity index (χ3n) is 4.50. The van der Waals surface area contributed by atoms with E-state index >= 15 is 0 Å². The molecule has 124 valence electrons. The fourth-order valence-electron chi connectivity index (χ4n) is 3.14. The fourth-order valence-corrected chi connectivity index (χ4v) is 3.14. The van der Waals surface area contributed by atoms with Crippen LogP contribution in [0.3, 0.4) is 0 Å². The lowest BCUT2D eigenvalue weighted by molar-refractivity contribution is 1.64. The van der Waals surface area contributed by atoms with Crippen LogP contribution in [0.25, 0.3) is 35.1 Å². The van der Waals surface area contributed by atoms with E-state index in [1.165, 1.54) is 33.0 Å². The molecular weight excluding hydrogens is 312 g/mol. The maximum Gasteiger partial charge on any atom is -0.0105 e. The molecule has 0 spiro atoms. The smallest absolute Gasteiger partial charge is 0.0105 e. The molecule has 0 atom stereocenters. The molecule has 0 heteroatoms. The van der Waals surface area contributed by atoms with Crippen molar-refractivity contribution in [2.45, 2.75) is 0 Å². The molecule has 0 unspecified atom stereocenters. The minimum Gasteiger partial charge on any atom is -0.0622 e. The minimum atomic E-state index is 1.21. The van der Waals surface area contributed by atoms with Gasteiger partial charge in [-0.1, -0.05) is 121 Å². The van der Waals surface area contributed by atoms with Crippen molar-refractivity contribution in [1.29, 1.82) is 0 Å². The minimum absolute atomic E-state index is 1.21. The predicted octanol–water partition coefficient (Wildman–Crippen LogP) is 7.18. The van der Waals surface area contributed by atoms with Gasteiger partial charge in [0.1, 0.15) is 0 Å². The molecule has 4 aromatic rings. The Morgan fingerprint density at radius 2 is 1.00 bits per heavy atom. The predicted molar refractivity (Wildman–Crippen MR) is 115 cm³/mol. The summed E-state index contributed by atoms with van der Waals surface area (Å²) < 4.78 is 0. The summed E-state index contributed by atoms with van der Waals surface area (Å²) in [6, 6.07) is 33.8. The molecule has 0 N–H and O–H groups in total. The van der Waals surface area contributed by atoms with Crippen LogP contribution in [0.1, 0.15) is 22.3 Å². The third-order valence-corrected chi connectivity index (χ3v) is 4.50. The number of rotatable bonds is 4. The van der Waals surface area contributed by atoms with E-state index in [0.717, 1.165) is 0 Å². The second kappa shape index (κ2) is 7.67. The Morgan fingerprint density at radius 1 is 0.423 bits per heavy atom. The largest absolute Gasteiger partial charge is 0.0622 e. The molecule has 0 saturated heterocycles. The highest BCUT2D eigenvalue weighted by Crippen LogP contribution is 2.26. The molecule has 26 heavy (non-hydrogen) atoms. The van der Waals surface area contributed by atoms with Crippen molar-refractivity contribution in [2.24, 2.45) is 0 Å². The number of hydrogen-bond acceptors (Lipinski definition) is 0. The van der Waals surface area contributed by atoms with Crippen molar-refractivity contribution in [2.75, 3.05) is 0 Å². The van der Waals surface area contributed by atoms with Gasteiger partial charge in [-0.05, 0) is 33.0 Å². The molecule has 4 aromatic carbocycles. The van der Waals surface area contributed by atoms with E-state index in [2.05, 4.69) is 109 Å². The Labute approximate surface area is 154 Å². The average molecular weight is 332 g/mol. The van der Waals surface area contributed by atoms with Crippen LogP contribution in [0.2, 0.25) is 0 Å². The molecule has 0 saturated carbocycles. The summed E-state index contributed by atoms with van der Waals surface area (Å²) in [5.41, 5.74) is 4.89. The lowest BCUT2D eigenvalue weighted by Crippen LogP contribution is -1.85. The summed E-state index contributed by atoms with van der Waals surface area (Å²) in [6.45, 7) is 0. The Morgan fingerprint density at radius 3 is 1.69 bits per heavy atom. The van der Waals surface area contributed by atoms with Crippen molar-refractivity contribution in [3.8, 4) is 0 Å². The van der Waals surface area contributed by atoms with Gasteiger partial charge in [0.25, 0.3) is 0 Å². The topological polar surface area (TPSA) is 0 Å². The molecule has 0 aliphatic carbocycles. The molecule has 0 amide bonds. The van der Waals surface area contributed by atoms with Crippen molar-refractivity contribution in [1.82, 2.24) is 0 Å². The fraction of sp³-hybridized carbons (Fsp3) is 0. The summed E-state index contributed by atoms with van der Waals surface area (Å²) in [6.07, 6.45) is 8.78. The summed E-state index contributed by atoms with van der Waals surface area (Å²) in [7, 11) is 0. The van der Waals surface area contributed by atoms with Crippen LogP contribution in [0.5, 0.6) is 0 Å². The number of benzene rings is 4. The molecule has 0 fully saturated rings. The highest BCUT2D eigenvalue weighted by molar-refractivity contribution is 5.97. The molecule has 0 radical (unpaired) electrons. The molecule has 0 heterocycles. The second-order valence-corrected chi connectivity index (χ2v) is 6.28. The first-order chi connectivity index (χ1) is 12.9. The number of fused-ring (bicyclic) bond motifs is 1. The zero-order valence-electron chi connectivity index (χ0n) is 14.5. The van der Waals surface area contributed by atoms with E-state index in [-0.39, 0.29) is 0 Å². The van der Waals surface area contributed by atoms with Crippen LogP contribution in [0.15, 0.2) is 97.1 Å². The standard InChI is InChI=1S/C26H20/c1-3-9-21(10-4-1)15-17-24-19-18-23-13-7-8-14-25(23)26(24)20-16-22-11-5-2-6-12-22/h1-20H. The van der Waals surface area contributed by atoms with Crippen LogP contribution >= 0.6 is 0 Å². The van der Waals surface area contributed by atoms with Gasteiger partial charge in [0.15, 0.2) is 0 Å². The highest BCUT2D eigenvalue weighted by Gasteiger charge is 2.03. The Bertz CT molecular complexity index is 1050. The van der Waals surface area contributed by atoms with Crippen LogP contribution in [-0.2, 0) is 0 Å².